The van der Waals surface area contributed by atoms with Gasteiger partial charge in [0.2, 0.25) is 0 Å². The Morgan fingerprint density at radius 3 is 2.86 bits per heavy atom. The highest BCUT2D eigenvalue weighted by Gasteiger charge is 2.52. The minimum atomic E-state index is -1.25. The maximum Gasteiger partial charge on any atom is 0.254 e. The lowest BCUT2D eigenvalue weighted by atomic mass is 9.97. The summed E-state index contributed by atoms with van der Waals surface area (Å²) >= 11 is 1.37. The fraction of sp³-hybridized carbons (Fsp3) is 0.600. The first-order valence-electron chi connectivity index (χ1n) is 9.88. The van der Waals surface area contributed by atoms with E-state index in [1.54, 1.807) is 4.90 Å². The zero-order valence-corrected chi connectivity index (χ0v) is 16.7. The summed E-state index contributed by atoms with van der Waals surface area (Å²) < 4.78 is 5.92. The monoisotopic (exact) mass is 405 g/mol. The normalized spacial score (nSPS) is 36.4. The van der Waals surface area contributed by atoms with E-state index in [-0.39, 0.29) is 5.91 Å². The van der Waals surface area contributed by atoms with Gasteiger partial charge in [0.05, 0.1) is 6.04 Å². The summed E-state index contributed by atoms with van der Waals surface area (Å²) in [5.41, 5.74) is 0.838. The number of aliphatic hydroxyl groups is 2. The number of hydrogen-bond acceptors (Lipinski definition) is 6. The number of ether oxygens (including phenoxy) is 1. The Balaban J connectivity index is 1.39. The van der Waals surface area contributed by atoms with Gasteiger partial charge >= 0.3 is 0 Å². The van der Waals surface area contributed by atoms with Crippen molar-refractivity contribution in [2.45, 2.75) is 49.6 Å². The molecule has 0 radical (unpaired) electrons. The van der Waals surface area contributed by atoms with Crippen LogP contribution in [0.4, 0.5) is 0 Å². The van der Waals surface area contributed by atoms with Gasteiger partial charge in [-0.25, -0.2) is 0 Å². The number of hydrogen-bond donors (Lipinski definition) is 3. The minimum absolute atomic E-state index is 0.234. The third-order valence-electron chi connectivity index (χ3n) is 5.63. The summed E-state index contributed by atoms with van der Waals surface area (Å²) in [4.78, 5) is 19.1. The van der Waals surface area contributed by atoms with E-state index < -0.39 is 29.8 Å². The van der Waals surface area contributed by atoms with Crippen molar-refractivity contribution in [3.63, 3.8) is 0 Å². The molecule has 0 aromatic heterocycles. The van der Waals surface area contributed by atoms with Crippen molar-refractivity contribution in [3.05, 3.63) is 35.9 Å². The second-order valence-electron chi connectivity index (χ2n) is 7.60. The lowest BCUT2D eigenvalue weighted by Gasteiger charge is -2.39. The Hall–Kier alpha value is -1.61. The summed E-state index contributed by atoms with van der Waals surface area (Å²) in [7, 11) is 0. The van der Waals surface area contributed by atoms with Gasteiger partial charge in [-0.1, -0.05) is 42.1 Å². The first-order valence-corrected chi connectivity index (χ1v) is 10.8. The molecular formula is C20H27N3O4S. The smallest absolute Gasteiger partial charge is 0.254 e. The summed E-state index contributed by atoms with van der Waals surface area (Å²) in [5, 5.41) is 24.8. The summed E-state index contributed by atoms with van der Waals surface area (Å²) in [6.45, 7) is 3.85. The van der Waals surface area contributed by atoms with E-state index in [2.05, 4.69) is 22.4 Å². The Morgan fingerprint density at radius 1 is 1.32 bits per heavy atom. The minimum Gasteiger partial charge on any atom is -0.388 e. The number of amides is 1. The Morgan fingerprint density at radius 2 is 2.11 bits per heavy atom. The number of amidine groups is 1. The number of nitrogens with one attached hydrogen (secondary N) is 1. The highest BCUT2D eigenvalue weighted by molar-refractivity contribution is 8.14. The first-order chi connectivity index (χ1) is 13.6. The molecule has 0 aliphatic carbocycles. The Kier molecular flexibility index (Phi) is 5.91. The third-order valence-corrected chi connectivity index (χ3v) is 6.74. The van der Waals surface area contributed by atoms with Crippen LogP contribution in [0.1, 0.15) is 18.9 Å². The van der Waals surface area contributed by atoms with Crippen LogP contribution in [0.5, 0.6) is 0 Å². The SMILES string of the molecule is CCN=C1NC2C(OC(C(=O)N3CCC(Cc4ccccc4)C3)C(O)C2O)S1. The molecule has 6 unspecified atom stereocenters. The average Bonchev–Trinajstić information content (AvgIpc) is 3.32. The third kappa shape index (κ3) is 3.91. The molecule has 1 aromatic carbocycles. The zero-order valence-electron chi connectivity index (χ0n) is 15.9. The number of aliphatic imine (C=N–C) groups is 1. The number of nitrogens with zero attached hydrogens (tertiary/aromatic N) is 2. The van der Waals surface area contributed by atoms with Gasteiger partial charge in [0.25, 0.3) is 5.91 Å². The number of carbonyl (C=O) groups is 1. The largest absolute Gasteiger partial charge is 0.388 e. The molecule has 4 rings (SSSR count). The molecule has 3 saturated heterocycles. The maximum atomic E-state index is 13.0. The van der Waals surface area contributed by atoms with Gasteiger partial charge < -0.3 is 25.2 Å². The van der Waals surface area contributed by atoms with Gasteiger partial charge in [0.1, 0.15) is 17.6 Å². The molecule has 1 amide bonds. The molecule has 1 aromatic rings. The topological polar surface area (TPSA) is 94.4 Å². The number of benzene rings is 1. The molecule has 0 spiro atoms. The van der Waals surface area contributed by atoms with Crippen LogP contribution in [0.2, 0.25) is 0 Å². The van der Waals surface area contributed by atoms with Gasteiger partial charge in [-0.05, 0) is 31.2 Å². The summed E-state index contributed by atoms with van der Waals surface area (Å²) in [5.74, 6) is 0.164. The van der Waals surface area contributed by atoms with E-state index in [1.807, 2.05) is 25.1 Å². The number of carbonyl (C=O) groups excluding carboxylic acids is 1. The van der Waals surface area contributed by atoms with Crippen molar-refractivity contribution >= 4 is 22.8 Å². The number of thioether (sulfide) groups is 1. The lowest BCUT2D eigenvalue weighted by molar-refractivity contribution is -0.180. The molecule has 7 nitrogen and oxygen atoms in total. The van der Waals surface area contributed by atoms with E-state index in [0.717, 1.165) is 12.8 Å². The molecule has 3 N–H and O–H groups in total. The van der Waals surface area contributed by atoms with E-state index in [4.69, 9.17) is 4.74 Å². The molecule has 3 aliphatic heterocycles. The summed E-state index contributed by atoms with van der Waals surface area (Å²) in [6, 6.07) is 9.81. The Bertz CT molecular complexity index is 731. The van der Waals surface area contributed by atoms with E-state index >= 15 is 0 Å². The molecular weight excluding hydrogens is 378 g/mol. The van der Waals surface area contributed by atoms with Crippen molar-refractivity contribution in [3.8, 4) is 0 Å². The molecule has 0 saturated carbocycles. The Labute approximate surface area is 169 Å². The standard InChI is InChI=1S/C20H27N3O4S/c1-2-21-20-22-14-15(24)16(25)17(27-19(14)28-20)18(26)23-9-8-13(11-23)10-12-6-4-3-5-7-12/h3-7,13-17,19,24-25H,2,8-11H2,1H3,(H,21,22). The van der Waals surface area contributed by atoms with Crippen LogP contribution in [-0.4, -0.2) is 75.6 Å². The van der Waals surface area contributed by atoms with Gasteiger partial charge in [-0.2, -0.15) is 0 Å². The van der Waals surface area contributed by atoms with Crippen LogP contribution in [0.15, 0.2) is 35.3 Å². The molecule has 3 heterocycles. The van der Waals surface area contributed by atoms with Crippen molar-refractivity contribution in [2.75, 3.05) is 19.6 Å². The van der Waals surface area contributed by atoms with Gasteiger partial charge in [0.15, 0.2) is 11.3 Å². The van der Waals surface area contributed by atoms with Crippen LogP contribution >= 0.6 is 11.8 Å². The van der Waals surface area contributed by atoms with Crippen LogP contribution in [0.3, 0.4) is 0 Å². The molecule has 6 atom stereocenters. The van der Waals surface area contributed by atoms with Crippen LogP contribution < -0.4 is 5.32 Å². The fourth-order valence-electron chi connectivity index (χ4n) is 4.16. The summed E-state index contributed by atoms with van der Waals surface area (Å²) in [6.07, 6.45) is -1.50. The molecule has 3 fully saturated rings. The average molecular weight is 406 g/mol. The predicted octanol–water partition coefficient (Wildman–Crippen LogP) is 0.605. The second kappa shape index (κ2) is 8.41. The van der Waals surface area contributed by atoms with Crippen molar-refractivity contribution < 1.29 is 19.7 Å². The highest BCUT2D eigenvalue weighted by Crippen LogP contribution is 2.35. The predicted molar refractivity (Wildman–Crippen MR) is 108 cm³/mol. The molecule has 0 bridgehead atoms. The number of rotatable bonds is 4. The van der Waals surface area contributed by atoms with Gasteiger partial charge in [-0.15, -0.1) is 0 Å². The zero-order chi connectivity index (χ0) is 19.7. The van der Waals surface area contributed by atoms with Crippen LogP contribution in [0, 0.1) is 5.92 Å². The second-order valence-corrected chi connectivity index (χ2v) is 8.69. The van der Waals surface area contributed by atoms with Crippen molar-refractivity contribution in [2.24, 2.45) is 10.9 Å². The maximum absolute atomic E-state index is 13.0. The first kappa shape index (κ1) is 19.7. The van der Waals surface area contributed by atoms with E-state index in [9.17, 15) is 15.0 Å². The lowest BCUT2D eigenvalue weighted by Crippen LogP contribution is -2.62. The fourth-order valence-corrected chi connectivity index (χ4v) is 5.34. The molecule has 8 heteroatoms. The molecule has 152 valence electrons. The number of likely N-dealkylation sites (tertiary alicyclic amines) is 1. The van der Waals surface area contributed by atoms with Crippen LogP contribution in [-0.2, 0) is 16.0 Å². The number of fused-ring (bicyclic) bond motifs is 1. The number of aliphatic hydroxyl groups excluding tert-OH is 2. The van der Waals surface area contributed by atoms with E-state index in [0.29, 0.717) is 30.7 Å². The molecule has 28 heavy (non-hydrogen) atoms. The van der Waals surface area contributed by atoms with Crippen LogP contribution in [0.25, 0.3) is 0 Å². The van der Waals surface area contributed by atoms with Gasteiger partial charge in [0, 0.05) is 19.6 Å². The highest BCUT2D eigenvalue weighted by atomic mass is 32.2. The van der Waals surface area contributed by atoms with E-state index in [1.165, 1.54) is 17.3 Å². The van der Waals surface area contributed by atoms with Crippen molar-refractivity contribution in [1.29, 1.82) is 0 Å². The van der Waals surface area contributed by atoms with Crippen molar-refractivity contribution in [1.82, 2.24) is 10.2 Å². The van der Waals surface area contributed by atoms with Gasteiger partial charge in [-0.3, -0.25) is 9.79 Å². The molecule has 3 aliphatic rings. The quantitative estimate of drug-likeness (QED) is 0.679.